The van der Waals surface area contributed by atoms with Crippen molar-refractivity contribution in [3.8, 4) is 22.6 Å². The van der Waals surface area contributed by atoms with E-state index in [0.717, 1.165) is 12.1 Å². The summed E-state index contributed by atoms with van der Waals surface area (Å²) in [7, 11) is 1.63. The predicted octanol–water partition coefficient (Wildman–Crippen LogP) is 4.93. The average Bonchev–Trinajstić information content (AvgIpc) is 3.46. The highest BCUT2D eigenvalue weighted by atomic mass is 19.1. The molecular formula is C25H20F2N4O3. The molecule has 0 fully saturated rings. The predicted molar refractivity (Wildman–Crippen MR) is 124 cm³/mol. The molecule has 2 aromatic carbocycles. The number of fused-ring (bicyclic) bond motifs is 2. The second-order valence-electron chi connectivity index (χ2n) is 7.98. The van der Waals surface area contributed by atoms with Crippen molar-refractivity contribution in [3.63, 3.8) is 0 Å². The number of aromatic nitrogens is 4. The van der Waals surface area contributed by atoms with E-state index in [2.05, 4.69) is 9.97 Å². The zero-order chi connectivity index (χ0) is 24.0. The van der Waals surface area contributed by atoms with Crippen LogP contribution >= 0.6 is 0 Å². The number of rotatable bonds is 6. The Bertz CT molecular complexity index is 1630. The number of hydrogen-bond acceptors (Lipinski definition) is 4. The standard InChI is InChI=1S/C25H20F2N4O3/c1-3-15(32)11-31-13-29-23-20(31)6-5-17(24(23)34-21-7-4-14(26)10-19(21)27)18-12-30(2)25(33)22-16(18)8-9-28-22/h4-10,12-13,28H,3,11H2,1-2H3. The topological polar surface area (TPSA) is 81.9 Å². The first kappa shape index (κ1) is 21.6. The van der Waals surface area contributed by atoms with Crippen molar-refractivity contribution in [1.82, 2.24) is 19.1 Å². The summed E-state index contributed by atoms with van der Waals surface area (Å²) in [5.41, 5.74) is 2.47. The van der Waals surface area contributed by atoms with Crippen LogP contribution in [0.2, 0.25) is 0 Å². The van der Waals surface area contributed by atoms with Crippen molar-refractivity contribution in [1.29, 1.82) is 0 Å². The summed E-state index contributed by atoms with van der Waals surface area (Å²) in [5, 5.41) is 0.660. The Balaban J connectivity index is 1.78. The number of nitrogens with zero attached hydrogens (tertiary/aromatic N) is 3. The lowest BCUT2D eigenvalue weighted by Gasteiger charge is -2.15. The number of hydrogen-bond donors (Lipinski definition) is 1. The van der Waals surface area contributed by atoms with Gasteiger partial charge in [0, 0.05) is 48.4 Å². The van der Waals surface area contributed by atoms with Crippen LogP contribution in [0.15, 0.2) is 59.9 Å². The molecule has 0 saturated heterocycles. The first-order chi connectivity index (χ1) is 16.4. The van der Waals surface area contributed by atoms with Crippen LogP contribution in [0.4, 0.5) is 8.78 Å². The molecule has 0 bridgehead atoms. The molecule has 0 aliphatic heterocycles. The van der Waals surface area contributed by atoms with Crippen molar-refractivity contribution in [2.24, 2.45) is 7.05 Å². The molecule has 0 aliphatic rings. The molecule has 0 atom stereocenters. The van der Waals surface area contributed by atoms with E-state index in [-0.39, 0.29) is 29.4 Å². The van der Waals surface area contributed by atoms with Crippen molar-refractivity contribution in [2.75, 3.05) is 0 Å². The van der Waals surface area contributed by atoms with E-state index in [1.807, 2.05) is 0 Å². The van der Waals surface area contributed by atoms with Gasteiger partial charge in [0.25, 0.3) is 5.56 Å². The number of pyridine rings is 1. The molecule has 1 N–H and O–H groups in total. The van der Waals surface area contributed by atoms with Gasteiger partial charge in [0.05, 0.1) is 18.4 Å². The largest absolute Gasteiger partial charge is 0.451 e. The fourth-order valence-electron chi connectivity index (χ4n) is 4.00. The molecule has 0 saturated carbocycles. The Morgan fingerprint density at radius 3 is 2.74 bits per heavy atom. The zero-order valence-corrected chi connectivity index (χ0v) is 18.4. The second-order valence-corrected chi connectivity index (χ2v) is 7.98. The highest BCUT2D eigenvalue weighted by Gasteiger charge is 2.21. The molecule has 5 aromatic rings. The summed E-state index contributed by atoms with van der Waals surface area (Å²) in [4.78, 5) is 32.0. The van der Waals surface area contributed by atoms with E-state index < -0.39 is 11.6 Å². The number of nitrogens with one attached hydrogen (secondary N) is 1. The van der Waals surface area contributed by atoms with E-state index in [0.29, 0.717) is 39.5 Å². The Kier molecular flexibility index (Phi) is 5.24. The van der Waals surface area contributed by atoms with Crippen molar-refractivity contribution >= 4 is 27.7 Å². The zero-order valence-electron chi connectivity index (χ0n) is 18.4. The SMILES string of the molecule is CCC(=O)Cn1cnc2c(Oc3ccc(F)cc3F)c(-c3cn(C)c(=O)c4[nH]ccc34)ccc21. The number of aryl methyl sites for hydroxylation is 1. The van der Waals surface area contributed by atoms with Crippen LogP contribution in [0, 0.1) is 11.6 Å². The molecule has 0 radical (unpaired) electrons. The van der Waals surface area contributed by atoms with Crippen LogP contribution in [0.1, 0.15) is 13.3 Å². The number of carbonyl (C=O) groups is 1. The van der Waals surface area contributed by atoms with Gasteiger partial charge in [-0.3, -0.25) is 9.59 Å². The molecule has 9 heteroatoms. The summed E-state index contributed by atoms with van der Waals surface area (Å²) in [6.07, 6.45) is 5.25. The number of Topliss-reactive ketones (excluding diaryl/α,β-unsaturated/α-hetero) is 1. The Labute approximate surface area is 192 Å². The van der Waals surface area contributed by atoms with E-state index in [1.54, 1.807) is 49.1 Å². The van der Waals surface area contributed by atoms with Crippen LogP contribution in [0.5, 0.6) is 11.5 Å². The molecule has 7 nitrogen and oxygen atoms in total. The third-order valence-corrected chi connectivity index (χ3v) is 5.78. The van der Waals surface area contributed by atoms with Crippen LogP contribution < -0.4 is 10.3 Å². The van der Waals surface area contributed by atoms with E-state index in [9.17, 15) is 18.4 Å². The number of ketones is 1. The third-order valence-electron chi connectivity index (χ3n) is 5.78. The lowest BCUT2D eigenvalue weighted by Crippen LogP contribution is -2.16. The Morgan fingerprint density at radius 2 is 1.97 bits per heavy atom. The maximum atomic E-state index is 14.5. The van der Waals surface area contributed by atoms with Crippen molar-refractivity contribution < 1.29 is 18.3 Å². The number of ether oxygens (including phenoxy) is 1. The van der Waals surface area contributed by atoms with Gasteiger partial charge in [-0.2, -0.15) is 0 Å². The summed E-state index contributed by atoms with van der Waals surface area (Å²) in [5.74, 6) is -1.51. The lowest BCUT2D eigenvalue weighted by atomic mass is 10.0. The van der Waals surface area contributed by atoms with Gasteiger partial charge in [-0.1, -0.05) is 6.92 Å². The Morgan fingerprint density at radius 1 is 1.15 bits per heavy atom. The molecule has 34 heavy (non-hydrogen) atoms. The molecule has 0 spiro atoms. The average molecular weight is 462 g/mol. The van der Waals surface area contributed by atoms with Crippen LogP contribution in [-0.4, -0.2) is 24.9 Å². The lowest BCUT2D eigenvalue weighted by molar-refractivity contribution is -0.119. The number of halogens is 2. The number of imidazole rings is 1. The van der Waals surface area contributed by atoms with Gasteiger partial charge in [-0.05, 0) is 30.3 Å². The minimum Gasteiger partial charge on any atom is -0.451 e. The normalized spacial score (nSPS) is 11.4. The molecule has 0 aliphatic carbocycles. The van der Waals surface area contributed by atoms with E-state index >= 15 is 0 Å². The van der Waals surface area contributed by atoms with Gasteiger partial charge in [0.2, 0.25) is 0 Å². The minimum atomic E-state index is -0.865. The maximum absolute atomic E-state index is 14.5. The molecular weight excluding hydrogens is 442 g/mol. The van der Waals surface area contributed by atoms with Gasteiger partial charge >= 0.3 is 0 Å². The molecule has 0 unspecified atom stereocenters. The monoisotopic (exact) mass is 462 g/mol. The van der Waals surface area contributed by atoms with Crippen molar-refractivity contribution in [3.05, 3.63) is 77.1 Å². The van der Waals surface area contributed by atoms with Crippen LogP contribution in [0.25, 0.3) is 33.1 Å². The second kappa shape index (κ2) is 8.26. The maximum Gasteiger partial charge on any atom is 0.274 e. The molecule has 3 heterocycles. The fourth-order valence-corrected chi connectivity index (χ4v) is 4.00. The number of benzene rings is 2. The van der Waals surface area contributed by atoms with Crippen LogP contribution in [-0.2, 0) is 18.4 Å². The summed E-state index contributed by atoms with van der Waals surface area (Å²) < 4.78 is 37.2. The van der Waals surface area contributed by atoms with Gasteiger partial charge in [0.1, 0.15) is 16.9 Å². The smallest absolute Gasteiger partial charge is 0.274 e. The Hall–Kier alpha value is -4.27. The minimum absolute atomic E-state index is 0.0301. The van der Waals surface area contributed by atoms with E-state index in [1.165, 1.54) is 17.0 Å². The summed E-state index contributed by atoms with van der Waals surface area (Å²) in [6, 6.07) is 8.41. The molecule has 5 rings (SSSR count). The first-order valence-corrected chi connectivity index (χ1v) is 10.7. The quantitative estimate of drug-likeness (QED) is 0.388. The molecule has 0 amide bonds. The van der Waals surface area contributed by atoms with E-state index in [4.69, 9.17) is 4.74 Å². The number of H-pyrrole nitrogens is 1. The first-order valence-electron chi connectivity index (χ1n) is 10.7. The molecule has 3 aromatic heterocycles. The third kappa shape index (κ3) is 3.55. The van der Waals surface area contributed by atoms with Crippen LogP contribution in [0.3, 0.4) is 0 Å². The molecule has 172 valence electrons. The van der Waals surface area contributed by atoms with Gasteiger partial charge in [0.15, 0.2) is 23.1 Å². The number of carbonyl (C=O) groups excluding carboxylic acids is 1. The van der Waals surface area contributed by atoms with Gasteiger partial charge < -0.3 is 18.9 Å². The highest BCUT2D eigenvalue weighted by molar-refractivity contribution is 6.00. The van der Waals surface area contributed by atoms with Gasteiger partial charge in [-0.25, -0.2) is 13.8 Å². The van der Waals surface area contributed by atoms with Gasteiger partial charge in [-0.15, -0.1) is 0 Å². The summed E-state index contributed by atoms with van der Waals surface area (Å²) >= 11 is 0. The summed E-state index contributed by atoms with van der Waals surface area (Å²) in [6.45, 7) is 1.92. The fraction of sp³-hybridized carbons (Fsp3) is 0.160. The highest BCUT2D eigenvalue weighted by Crippen LogP contribution is 2.41. The number of aromatic amines is 1. The van der Waals surface area contributed by atoms with Crippen molar-refractivity contribution in [2.45, 2.75) is 19.9 Å².